The van der Waals surface area contributed by atoms with E-state index in [1.807, 2.05) is 23.5 Å². The van der Waals surface area contributed by atoms with Crippen molar-refractivity contribution in [3.8, 4) is 0 Å². The van der Waals surface area contributed by atoms with Gasteiger partial charge in [0, 0.05) is 25.4 Å². The Morgan fingerprint density at radius 2 is 2.14 bits per heavy atom. The van der Waals surface area contributed by atoms with Crippen LogP contribution in [-0.2, 0) is 20.0 Å². The summed E-state index contributed by atoms with van der Waals surface area (Å²) in [6.45, 7) is 3.79. The first kappa shape index (κ1) is 14.2. The standard InChI is InChI=1S/C16H20N4S/c1-3-14-13(11-20(2)19-14)9-17-16-18-10-15(21-16)12-7-5-4-6-8-12/h4-8,11,15H,3,9-10H2,1-2H3,(H,17,18). The van der Waals surface area contributed by atoms with Gasteiger partial charge in [0.2, 0.25) is 0 Å². The topological polar surface area (TPSA) is 42.2 Å². The van der Waals surface area contributed by atoms with Gasteiger partial charge >= 0.3 is 0 Å². The molecule has 0 bridgehead atoms. The minimum Gasteiger partial charge on any atom is -0.361 e. The third-order valence-corrected chi connectivity index (χ3v) is 4.79. The SMILES string of the molecule is CCc1nn(C)cc1CNC1=NCC(c2ccccc2)S1. The predicted octanol–water partition coefficient (Wildman–Crippen LogP) is 2.92. The van der Waals surface area contributed by atoms with E-state index >= 15 is 0 Å². The van der Waals surface area contributed by atoms with Crippen LogP contribution in [-0.4, -0.2) is 21.5 Å². The molecule has 1 aliphatic rings. The zero-order valence-corrected chi connectivity index (χ0v) is 13.2. The van der Waals surface area contributed by atoms with Gasteiger partial charge in [0.1, 0.15) is 0 Å². The van der Waals surface area contributed by atoms with E-state index < -0.39 is 0 Å². The normalized spacial score (nSPS) is 17.8. The van der Waals surface area contributed by atoms with Crippen molar-refractivity contribution in [1.29, 1.82) is 0 Å². The van der Waals surface area contributed by atoms with Crippen molar-refractivity contribution in [2.75, 3.05) is 6.54 Å². The highest BCUT2D eigenvalue weighted by Gasteiger charge is 2.21. The molecule has 0 fully saturated rings. The van der Waals surface area contributed by atoms with Crippen LogP contribution in [0.15, 0.2) is 41.5 Å². The number of hydrogen-bond donors (Lipinski definition) is 1. The summed E-state index contributed by atoms with van der Waals surface area (Å²) in [7, 11) is 1.97. The molecule has 1 aromatic heterocycles. The molecule has 1 aliphatic heterocycles. The maximum absolute atomic E-state index is 4.61. The van der Waals surface area contributed by atoms with Gasteiger partial charge in [0.25, 0.3) is 0 Å². The maximum Gasteiger partial charge on any atom is 0.157 e. The molecule has 0 saturated heterocycles. The predicted molar refractivity (Wildman–Crippen MR) is 88.5 cm³/mol. The maximum atomic E-state index is 4.61. The number of nitrogens with one attached hydrogen (secondary N) is 1. The summed E-state index contributed by atoms with van der Waals surface area (Å²) in [5.74, 6) is 0. The van der Waals surface area contributed by atoms with Gasteiger partial charge in [-0.2, -0.15) is 5.10 Å². The van der Waals surface area contributed by atoms with Gasteiger partial charge in [-0.15, -0.1) is 0 Å². The zero-order valence-electron chi connectivity index (χ0n) is 12.4. The molecule has 110 valence electrons. The van der Waals surface area contributed by atoms with Crippen molar-refractivity contribution in [2.24, 2.45) is 12.0 Å². The molecule has 5 heteroatoms. The first-order valence-electron chi connectivity index (χ1n) is 7.27. The molecule has 2 heterocycles. The fourth-order valence-corrected chi connectivity index (χ4v) is 3.53. The Labute approximate surface area is 129 Å². The summed E-state index contributed by atoms with van der Waals surface area (Å²) in [6.07, 6.45) is 3.05. The van der Waals surface area contributed by atoms with Gasteiger partial charge < -0.3 is 5.32 Å². The van der Waals surface area contributed by atoms with Crippen molar-refractivity contribution >= 4 is 16.9 Å². The highest BCUT2D eigenvalue weighted by atomic mass is 32.2. The van der Waals surface area contributed by atoms with Gasteiger partial charge in [0.05, 0.1) is 17.5 Å². The van der Waals surface area contributed by atoms with Crippen LogP contribution in [0.1, 0.15) is 29.0 Å². The number of thioether (sulfide) groups is 1. The summed E-state index contributed by atoms with van der Waals surface area (Å²) in [6, 6.07) is 10.6. The van der Waals surface area contributed by atoms with Gasteiger partial charge in [-0.1, -0.05) is 49.0 Å². The van der Waals surface area contributed by atoms with Gasteiger partial charge in [-0.05, 0) is 12.0 Å². The molecular weight excluding hydrogens is 280 g/mol. The van der Waals surface area contributed by atoms with Gasteiger partial charge in [0.15, 0.2) is 5.17 Å². The van der Waals surface area contributed by atoms with Crippen LogP contribution in [0, 0.1) is 0 Å². The van der Waals surface area contributed by atoms with E-state index in [0.717, 1.165) is 30.4 Å². The second kappa shape index (κ2) is 6.35. The van der Waals surface area contributed by atoms with Crippen LogP contribution in [0.4, 0.5) is 0 Å². The molecule has 4 nitrogen and oxygen atoms in total. The van der Waals surface area contributed by atoms with Crippen LogP contribution in [0.5, 0.6) is 0 Å². The number of aromatic nitrogens is 2. The Hall–Kier alpha value is -1.75. The number of hydrogen-bond acceptors (Lipinski definition) is 4. The van der Waals surface area contributed by atoms with Crippen LogP contribution in [0.2, 0.25) is 0 Å². The molecule has 1 unspecified atom stereocenters. The number of benzene rings is 1. The number of nitrogens with zero attached hydrogens (tertiary/aromatic N) is 3. The molecular formula is C16H20N4S. The van der Waals surface area contributed by atoms with E-state index in [-0.39, 0.29) is 0 Å². The third-order valence-electron chi connectivity index (χ3n) is 3.58. The summed E-state index contributed by atoms with van der Waals surface area (Å²) < 4.78 is 1.88. The lowest BCUT2D eigenvalue weighted by atomic mass is 10.1. The molecule has 0 radical (unpaired) electrons. The molecule has 0 saturated carbocycles. The first-order valence-corrected chi connectivity index (χ1v) is 8.15. The lowest BCUT2D eigenvalue weighted by Crippen LogP contribution is -2.18. The minimum atomic E-state index is 0.438. The summed E-state index contributed by atoms with van der Waals surface area (Å²) >= 11 is 1.81. The largest absolute Gasteiger partial charge is 0.361 e. The van der Waals surface area contributed by atoms with Gasteiger partial charge in [-0.3, -0.25) is 9.67 Å². The Balaban J connectivity index is 1.58. The number of amidine groups is 1. The van der Waals surface area contributed by atoms with Crippen LogP contribution >= 0.6 is 11.8 Å². The lowest BCUT2D eigenvalue weighted by molar-refractivity contribution is 0.746. The monoisotopic (exact) mass is 300 g/mol. The molecule has 0 aliphatic carbocycles. The lowest BCUT2D eigenvalue weighted by Gasteiger charge is -2.09. The van der Waals surface area contributed by atoms with Crippen molar-refractivity contribution in [3.63, 3.8) is 0 Å². The summed E-state index contributed by atoms with van der Waals surface area (Å²) in [5, 5.41) is 9.39. The minimum absolute atomic E-state index is 0.438. The second-order valence-electron chi connectivity index (χ2n) is 5.14. The molecule has 1 atom stereocenters. The van der Waals surface area contributed by atoms with E-state index in [1.54, 1.807) is 0 Å². The Bertz CT molecular complexity index is 633. The number of aryl methyl sites for hydroxylation is 2. The van der Waals surface area contributed by atoms with Crippen LogP contribution in [0.3, 0.4) is 0 Å². The van der Waals surface area contributed by atoms with Crippen LogP contribution < -0.4 is 5.32 Å². The zero-order chi connectivity index (χ0) is 14.7. The summed E-state index contributed by atoms with van der Waals surface area (Å²) in [4.78, 5) is 4.61. The molecule has 0 amide bonds. The molecule has 1 aromatic carbocycles. The fraction of sp³-hybridized carbons (Fsp3) is 0.375. The second-order valence-corrected chi connectivity index (χ2v) is 6.34. The van der Waals surface area contributed by atoms with Crippen molar-refractivity contribution in [3.05, 3.63) is 53.3 Å². The van der Waals surface area contributed by atoms with Crippen molar-refractivity contribution in [2.45, 2.75) is 25.1 Å². The van der Waals surface area contributed by atoms with Gasteiger partial charge in [-0.25, -0.2) is 0 Å². The van der Waals surface area contributed by atoms with Crippen molar-refractivity contribution in [1.82, 2.24) is 15.1 Å². The highest BCUT2D eigenvalue weighted by Crippen LogP contribution is 2.34. The molecule has 21 heavy (non-hydrogen) atoms. The van der Waals surface area contributed by atoms with E-state index in [0.29, 0.717) is 5.25 Å². The Kier molecular flexibility index (Phi) is 4.29. The number of rotatable bonds is 4. The fourth-order valence-electron chi connectivity index (χ4n) is 2.51. The van der Waals surface area contributed by atoms with E-state index in [1.165, 1.54) is 11.1 Å². The third kappa shape index (κ3) is 3.29. The average molecular weight is 300 g/mol. The van der Waals surface area contributed by atoms with E-state index in [4.69, 9.17) is 0 Å². The first-order chi connectivity index (χ1) is 10.3. The summed E-state index contributed by atoms with van der Waals surface area (Å²) in [5.41, 5.74) is 3.76. The van der Waals surface area contributed by atoms with Crippen LogP contribution in [0.25, 0.3) is 0 Å². The molecule has 0 spiro atoms. The molecule has 1 N–H and O–H groups in total. The average Bonchev–Trinajstić information content (AvgIpc) is 3.12. The van der Waals surface area contributed by atoms with E-state index in [2.05, 4.69) is 58.9 Å². The molecule has 3 rings (SSSR count). The number of aliphatic imine (C=N–C) groups is 1. The highest BCUT2D eigenvalue weighted by molar-refractivity contribution is 8.14. The smallest absolute Gasteiger partial charge is 0.157 e. The molecule has 2 aromatic rings. The quantitative estimate of drug-likeness (QED) is 0.944. The Morgan fingerprint density at radius 3 is 2.90 bits per heavy atom. The van der Waals surface area contributed by atoms with Crippen molar-refractivity contribution < 1.29 is 0 Å². The van der Waals surface area contributed by atoms with E-state index in [9.17, 15) is 0 Å². The Morgan fingerprint density at radius 1 is 1.33 bits per heavy atom.